The number of hydrogen-bond donors (Lipinski definition) is 5. The molecule has 9 heteroatoms. The lowest BCUT2D eigenvalue weighted by atomic mass is 9.98. The first-order valence-electron chi connectivity index (χ1n) is 11.5. The van der Waals surface area contributed by atoms with Gasteiger partial charge in [-0.1, -0.05) is 30.3 Å². The van der Waals surface area contributed by atoms with Gasteiger partial charge < -0.3 is 31.4 Å². The van der Waals surface area contributed by atoms with Gasteiger partial charge in [0.2, 0.25) is 11.8 Å². The first kappa shape index (κ1) is 23.3. The standard InChI is InChI=1S/C25H29N5O4/c31-15-19(13-18-8-9-28-23(18)32)29-25(34)22(12-16-4-2-1-3-5-16)30-24(33)17-6-7-20-21(14-17)27-11-10-26-20/h1-7,14-15,18-19,22,26-27H,8-13H2,(H,28,32)(H,29,34)(H,30,33)/t18-,19-,22-/m0/s1. The van der Waals surface area contributed by atoms with Crippen molar-refractivity contribution in [3.05, 3.63) is 59.7 Å². The number of fused-ring (bicyclic) bond motifs is 1. The second-order valence-electron chi connectivity index (χ2n) is 8.59. The molecule has 4 rings (SSSR count). The van der Waals surface area contributed by atoms with Gasteiger partial charge in [-0.2, -0.15) is 0 Å². The molecule has 0 saturated carbocycles. The minimum atomic E-state index is -0.892. The Balaban J connectivity index is 1.47. The van der Waals surface area contributed by atoms with Crippen LogP contribution in [0.5, 0.6) is 0 Å². The van der Waals surface area contributed by atoms with Gasteiger partial charge in [0.15, 0.2) is 0 Å². The van der Waals surface area contributed by atoms with Crippen LogP contribution in [-0.2, 0) is 20.8 Å². The van der Waals surface area contributed by atoms with E-state index >= 15 is 0 Å². The zero-order valence-corrected chi connectivity index (χ0v) is 18.8. The maximum absolute atomic E-state index is 13.2. The van der Waals surface area contributed by atoms with E-state index < -0.39 is 18.0 Å². The fourth-order valence-corrected chi connectivity index (χ4v) is 4.29. The van der Waals surface area contributed by atoms with Gasteiger partial charge in [0.05, 0.1) is 17.4 Å². The molecule has 2 heterocycles. The van der Waals surface area contributed by atoms with Crippen LogP contribution in [-0.4, -0.2) is 55.7 Å². The van der Waals surface area contributed by atoms with Gasteiger partial charge >= 0.3 is 0 Å². The fraction of sp³-hybridized carbons (Fsp3) is 0.360. The van der Waals surface area contributed by atoms with Crippen molar-refractivity contribution in [2.45, 2.75) is 31.3 Å². The van der Waals surface area contributed by atoms with Gasteiger partial charge in [0, 0.05) is 37.5 Å². The molecule has 0 aromatic heterocycles. The third kappa shape index (κ3) is 5.72. The number of carbonyl (C=O) groups excluding carboxylic acids is 4. The average Bonchev–Trinajstić information content (AvgIpc) is 3.27. The van der Waals surface area contributed by atoms with Gasteiger partial charge in [-0.3, -0.25) is 14.4 Å². The molecule has 0 aliphatic carbocycles. The van der Waals surface area contributed by atoms with E-state index in [0.29, 0.717) is 24.8 Å². The molecule has 2 aliphatic rings. The van der Waals surface area contributed by atoms with Gasteiger partial charge in [0.1, 0.15) is 12.3 Å². The summed E-state index contributed by atoms with van der Waals surface area (Å²) in [7, 11) is 0. The number of rotatable bonds is 9. The van der Waals surface area contributed by atoms with Crippen molar-refractivity contribution in [3.63, 3.8) is 0 Å². The highest BCUT2D eigenvalue weighted by molar-refractivity contribution is 5.99. The van der Waals surface area contributed by atoms with E-state index in [-0.39, 0.29) is 30.6 Å². The molecular formula is C25H29N5O4. The topological polar surface area (TPSA) is 128 Å². The molecule has 2 aliphatic heterocycles. The number of anilines is 2. The van der Waals surface area contributed by atoms with Crippen LogP contribution in [0, 0.1) is 5.92 Å². The van der Waals surface area contributed by atoms with Crippen molar-refractivity contribution < 1.29 is 19.2 Å². The monoisotopic (exact) mass is 463 g/mol. The van der Waals surface area contributed by atoms with E-state index in [0.717, 1.165) is 30.0 Å². The summed E-state index contributed by atoms with van der Waals surface area (Å²) in [5.74, 6) is -1.27. The zero-order chi connectivity index (χ0) is 23.9. The molecule has 2 aromatic carbocycles. The Morgan fingerprint density at radius 3 is 2.44 bits per heavy atom. The van der Waals surface area contributed by atoms with E-state index in [4.69, 9.17) is 0 Å². The van der Waals surface area contributed by atoms with E-state index in [1.54, 1.807) is 12.1 Å². The van der Waals surface area contributed by atoms with Crippen LogP contribution in [0.4, 0.5) is 11.4 Å². The molecule has 3 amide bonds. The van der Waals surface area contributed by atoms with Gasteiger partial charge in [-0.25, -0.2) is 0 Å². The number of aldehydes is 1. The van der Waals surface area contributed by atoms with Crippen molar-refractivity contribution >= 4 is 35.4 Å². The predicted octanol–water partition coefficient (Wildman–Crippen LogP) is 1.08. The summed E-state index contributed by atoms with van der Waals surface area (Å²) in [5, 5.41) is 14.8. The summed E-state index contributed by atoms with van der Waals surface area (Å²) < 4.78 is 0. The Morgan fingerprint density at radius 1 is 0.971 bits per heavy atom. The van der Waals surface area contributed by atoms with Crippen LogP contribution < -0.4 is 26.6 Å². The maximum Gasteiger partial charge on any atom is 0.252 e. The number of amides is 3. The normalized spacial score (nSPS) is 18.4. The molecule has 0 unspecified atom stereocenters. The maximum atomic E-state index is 13.2. The average molecular weight is 464 g/mol. The summed E-state index contributed by atoms with van der Waals surface area (Å²) in [6, 6.07) is 12.9. The third-order valence-electron chi connectivity index (χ3n) is 6.14. The zero-order valence-electron chi connectivity index (χ0n) is 18.8. The number of benzene rings is 2. The second kappa shape index (κ2) is 10.8. The molecule has 1 saturated heterocycles. The minimum Gasteiger partial charge on any atom is -0.382 e. The van der Waals surface area contributed by atoms with Crippen LogP contribution in [0.15, 0.2) is 48.5 Å². The van der Waals surface area contributed by atoms with Crippen LogP contribution in [0.3, 0.4) is 0 Å². The van der Waals surface area contributed by atoms with E-state index in [1.807, 2.05) is 36.4 Å². The van der Waals surface area contributed by atoms with Crippen LogP contribution in [0.2, 0.25) is 0 Å². The number of nitrogens with one attached hydrogen (secondary N) is 5. The largest absolute Gasteiger partial charge is 0.382 e. The molecule has 0 radical (unpaired) electrons. The summed E-state index contributed by atoms with van der Waals surface area (Å²) >= 11 is 0. The molecular weight excluding hydrogens is 434 g/mol. The van der Waals surface area contributed by atoms with Crippen molar-refractivity contribution in [1.29, 1.82) is 0 Å². The lowest BCUT2D eigenvalue weighted by molar-refractivity contribution is -0.127. The smallest absolute Gasteiger partial charge is 0.252 e. The number of carbonyl (C=O) groups is 4. The molecule has 9 nitrogen and oxygen atoms in total. The van der Waals surface area contributed by atoms with E-state index in [2.05, 4.69) is 26.6 Å². The second-order valence-corrected chi connectivity index (χ2v) is 8.59. The van der Waals surface area contributed by atoms with Crippen molar-refractivity contribution in [3.8, 4) is 0 Å². The van der Waals surface area contributed by atoms with Crippen molar-refractivity contribution in [1.82, 2.24) is 16.0 Å². The molecule has 34 heavy (non-hydrogen) atoms. The van der Waals surface area contributed by atoms with Crippen LogP contribution >= 0.6 is 0 Å². The lowest BCUT2D eigenvalue weighted by Gasteiger charge is -2.23. The molecule has 3 atom stereocenters. The van der Waals surface area contributed by atoms with E-state index in [9.17, 15) is 19.2 Å². The molecule has 2 aromatic rings. The molecule has 0 spiro atoms. The molecule has 5 N–H and O–H groups in total. The fourth-order valence-electron chi connectivity index (χ4n) is 4.29. The van der Waals surface area contributed by atoms with Crippen molar-refractivity contribution in [2.24, 2.45) is 5.92 Å². The first-order valence-corrected chi connectivity index (χ1v) is 11.5. The Bertz CT molecular complexity index is 1060. The Hall–Kier alpha value is -3.88. The highest BCUT2D eigenvalue weighted by Crippen LogP contribution is 2.25. The van der Waals surface area contributed by atoms with Gasteiger partial charge in [-0.15, -0.1) is 0 Å². The van der Waals surface area contributed by atoms with Crippen LogP contribution in [0.25, 0.3) is 0 Å². The molecule has 1 fully saturated rings. The van der Waals surface area contributed by atoms with Crippen molar-refractivity contribution in [2.75, 3.05) is 30.3 Å². The minimum absolute atomic E-state index is 0.106. The summed E-state index contributed by atoms with van der Waals surface area (Å²) in [4.78, 5) is 49.7. The van der Waals surface area contributed by atoms with Crippen LogP contribution in [0.1, 0.15) is 28.8 Å². The summed E-state index contributed by atoms with van der Waals surface area (Å²) in [6.07, 6.45) is 1.77. The SMILES string of the molecule is O=C[C@H](C[C@@H]1CCNC1=O)NC(=O)[C@H](Cc1ccccc1)NC(=O)c1ccc2c(c1)NCCN2. The summed E-state index contributed by atoms with van der Waals surface area (Å²) in [5.41, 5.74) is 3.05. The Kier molecular flexibility index (Phi) is 7.41. The van der Waals surface area contributed by atoms with Gasteiger partial charge in [0.25, 0.3) is 5.91 Å². The van der Waals surface area contributed by atoms with E-state index in [1.165, 1.54) is 0 Å². The third-order valence-corrected chi connectivity index (χ3v) is 6.14. The highest BCUT2D eigenvalue weighted by atomic mass is 16.2. The predicted molar refractivity (Wildman–Crippen MR) is 129 cm³/mol. The Labute approximate surface area is 198 Å². The Morgan fingerprint density at radius 2 is 1.74 bits per heavy atom. The molecule has 178 valence electrons. The quantitative estimate of drug-likeness (QED) is 0.354. The lowest BCUT2D eigenvalue weighted by Crippen LogP contribution is -2.51. The highest BCUT2D eigenvalue weighted by Gasteiger charge is 2.30. The summed E-state index contributed by atoms with van der Waals surface area (Å²) in [6.45, 7) is 2.13. The number of hydrogen-bond acceptors (Lipinski definition) is 6. The van der Waals surface area contributed by atoms with Gasteiger partial charge in [-0.05, 0) is 36.6 Å². The first-order chi connectivity index (χ1) is 16.5. The molecule has 0 bridgehead atoms.